The first-order chi connectivity index (χ1) is 14.8. The van der Waals surface area contributed by atoms with Crippen LogP contribution in [0.3, 0.4) is 0 Å². The van der Waals surface area contributed by atoms with E-state index in [4.69, 9.17) is 4.98 Å². The summed E-state index contributed by atoms with van der Waals surface area (Å²) in [7, 11) is 0. The number of hydrogen-bond donors (Lipinski definition) is 1. The summed E-state index contributed by atoms with van der Waals surface area (Å²) >= 11 is 3.11. The number of amides is 1. The molecule has 3 aromatic heterocycles. The van der Waals surface area contributed by atoms with Crippen LogP contribution in [0.4, 0.5) is 0 Å². The van der Waals surface area contributed by atoms with E-state index in [1.807, 2.05) is 29.2 Å². The van der Waals surface area contributed by atoms with Crippen LogP contribution >= 0.6 is 23.1 Å². The van der Waals surface area contributed by atoms with E-state index in [-0.39, 0.29) is 5.91 Å². The van der Waals surface area contributed by atoms with Crippen LogP contribution in [0.1, 0.15) is 23.8 Å². The number of thioether (sulfide) groups is 1. The van der Waals surface area contributed by atoms with Crippen molar-refractivity contribution in [1.29, 1.82) is 0 Å². The largest absolute Gasteiger partial charge is 0.341 e. The highest BCUT2D eigenvalue weighted by Crippen LogP contribution is 2.33. The first-order valence-corrected chi connectivity index (χ1v) is 11.7. The predicted octanol–water partition coefficient (Wildman–Crippen LogP) is 3.97. The van der Waals surface area contributed by atoms with Crippen molar-refractivity contribution in [2.24, 2.45) is 0 Å². The van der Waals surface area contributed by atoms with Crippen molar-refractivity contribution in [1.82, 2.24) is 30.0 Å². The Bertz CT molecular complexity index is 1130. The molecule has 1 atom stereocenters. The summed E-state index contributed by atoms with van der Waals surface area (Å²) < 4.78 is 1.21. The van der Waals surface area contributed by atoms with Crippen molar-refractivity contribution in [3.05, 3.63) is 53.8 Å². The summed E-state index contributed by atoms with van der Waals surface area (Å²) in [6, 6.07) is 12.0. The smallest absolute Gasteiger partial charge is 0.233 e. The Morgan fingerprint density at radius 3 is 2.93 bits per heavy atom. The summed E-state index contributed by atoms with van der Waals surface area (Å²) in [4.78, 5) is 28.1. The van der Waals surface area contributed by atoms with E-state index in [1.54, 1.807) is 23.7 Å². The van der Waals surface area contributed by atoms with Gasteiger partial charge in [-0.3, -0.25) is 14.9 Å². The molecule has 9 heteroatoms. The monoisotopic (exact) mass is 436 g/mol. The minimum atomic E-state index is 0.126. The first kappa shape index (κ1) is 19.2. The Balaban J connectivity index is 1.20. The number of H-pyrrole nitrogens is 1. The molecule has 1 aromatic carbocycles. The molecule has 1 N–H and O–H groups in total. The number of aromatic amines is 1. The van der Waals surface area contributed by atoms with Gasteiger partial charge in [0.1, 0.15) is 0 Å². The molecule has 30 heavy (non-hydrogen) atoms. The Labute approximate surface area is 182 Å². The quantitative estimate of drug-likeness (QED) is 0.476. The van der Waals surface area contributed by atoms with Gasteiger partial charge in [-0.15, -0.1) is 16.4 Å². The number of aromatic nitrogens is 5. The molecule has 7 nitrogen and oxygen atoms in total. The van der Waals surface area contributed by atoms with Gasteiger partial charge in [0, 0.05) is 37.0 Å². The molecule has 1 unspecified atom stereocenters. The van der Waals surface area contributed by atoms with E-state index in [2.05, 4.69) is 32.3 Å². The number of carbonyl (C=O) groups excluding carboxylic acids is 1. The standard InChI is InChI=1S/C21H20N6OS2/c28-18(13-29-21-24-19(25-26-21)14-7-9-22-10-8-14)27-11-3-4-15(12-27)20-23-16-5-1-2-6-17(16)30-20/h1-2,5-10,15H,3-4,11-13H2,(H,24,25,26). The zero-order valence-corrected chi connectivity index (χ0v) is 17.8. The van der Waals surface area contributed by atoms with E-state index in [0.717, 1.165) is 42.0 Å². The molecule has 1 fully saturated rings. The summed E-state index contributed by atoms with van der Waals surface area (Å²) in [5, 5.41) is 8.86. The van der Waals surface area contributed by atoms with Crippen LogP contribution in [0, 0.1) is 0 Å². The van der Waals surface area contributed by atoms with Crippen LogP contribution in [0.15, 0.2) is 53.9 Å². The fourth-order valence-corrected chi connectivity index (χ4v) is 5.43. The third-order valence-corrected chi connectivity index (χ3v) is 7.21. The van der Waals surface area contributed by atoms with Crippen LogP contribution in [-0.2, 0) is 4.79 Å². The number of nitrogens with zero attached hydrogens (tertiary/aromatic N) is 5. The highest BCUT2D eigenvalue weighted by Gasteiger charge is 2.27. The summed E-state index contributed by atoms with van der Waals surface area (Å²) in [5.74, 6) is 1.45. The van der Waals surface area contributed by atoms with Crippen molar-refractivity contribution in [3.8, 4) is 11.4 Å². The number of rotatable bonds is 5. The number of fused-ring (bicyclic) bond motifs is 1. The second-order valence-corrected chi connectivity index (χ2v) is 9.19. The van der Waals surface area contributed by atoms with Gasteiger partial charge in [-0.2, -0.15) is 0 Å². The Kier molecular flexibility index (Phi) is 5.46. The number of likely N-dealkylation sites (tertiary alicyclic amines) is 1. The fourth-order valence-electron chi connectivity index (χ4n) is 3.64. The number of nitrogens with one attached hydrogen (secondary N) is 1. The average Bonchev–Trinajstić information content (AvgIpc) is 3.45. The lowest BCUT2D eigenvalue weighted by Gasteiger charge is -2.31. The van der Waals surface area contributed by atoms with Crippen molar-refractivity contribution in [3.63, 3.8) is 0 Å². The van der Waals surface area contributed by atoms with Crippen molar-refractivity contribution in [2.45, 2.75) is 23.9 Å². The molecule has 0 saturated carbocycles. The minimum absolute atomic E-state index is 0.126. The molecule has 0 aliphatic carbocycles. The van der Waals surface area contributed by atoms with E-state index in [9.17, 15) is 4.79 Å². The maximum atomic E-state index is 12.8. The SMILES string of the molecule is O=C(CSc1n[nH]c(-c2ccncc2)n1)N1CCCC(c2nc3ccccc3s2)C1. The second kappa shape index (κ2) is 8.53. The molecule has 5 rings (SSSR count). The summed E-state index contributed by atoms with van der Waals surface area (Å²) in [6.45, 7) is 1.53. The number of benzene rings is 1. The van der Waals surface area contributed by atoms with Gasteiger partial charge in [0.15, 0.2) is 5.82 Å². The molecule has 0 spiro atoms. The van der Waals surface area contributed by atoms with E-state index < -0.39 is 0 Å². The molecule has 1 saturated heterocycles. The van der Waals surface area contributed by atoms with Crippen LogP contribution in [0.25, 0.3) is 21.6 Å². The lowest BCUT2D eigenvalue weighted by Crippen LogP contribution is -2.40. The number of piperidine rings is 1. The molecule has 1 aliphatic heterocycles. The van der Waals surface area contributed by atoms with E-state index in [0.29, 0.717) is 22.7 Å². The van der Waals surface area contributed by atoms with Crippen LogP contribution < -0.4 is 0 Å². The predicted molar refractivity (Wildman–Crippen MR) is 119 cm³/mol. The highest BCUT2D eigenvalue weighted by molar-refractivity contribution is 7.99. The van der Waals surface area contributed by atoms with Crippen molar-refractivity contribution in [2.75, 3.05) is 18.8 Å². The minimum Gasteiger partial charge on any atom is -0.341 e. The van der Waals surface area contributed by atoms with Gasteiger partial charge < -0.3 is 4.90 Å². The Hall–Kier alpha value is -2.78. The molecule has 1 aliphatic rings. The maximum Gasteiger partial charge on any atom is 0.233 e. The Morgan fingerprint density at radius 2 is 2.07 bits per heavy atom. The molecular formula is C21H20N6OS2. The lowest BCUT2D eigenvalue weighted by atomic mass is 9.99. The van der Waals surface area contributed by atoms with Crippen LogP contribution in [0.2, 0.25) is 0 Å². The molecule has 0 bridgehead atoms. The third kappa shape index (κ3) is 4.08. The number of carbonyl (C=O) groups is 1. The van der Waals surface area contributed by atoms with Gasteiger partial charge in [0.25, 0.3) is 0 Å². The van der Waals surface area contributed by atoms with Crippen LogP contribution in [0.5, 0.6) is 0 Å². The third-order valence-electron chi connectivity index (χ3n) is 5.18. The van der Waals surface area contributed by atoms with Crippen LogP contribution in [-0.4, -0.2) is 54.8 Å². The molecule has 4 heterocycles. The average molecular weight is 437 g/mol. The zero-order chi connectivity index (χ0) is 20.3. The van der Waals surface area contributed by atoms with Gasteiger partial charge >= 0.3 is 0 Å². The van der Waals surface area contributed by atoms with Crippen molar-refractivity contribution < 1.29 is 4.79 Å². The number of hydrogen-bond acceptors (Lipinski definition) is 7. The fraction of sp³-hybridized carbons (Fsp3) is 0.286. The zero-order valence-electron chi connectivity index (χ0n) is 16.2. The molecular weight excluding hydrogens is 416 g/mol. The van der Waals surface area contributed by atoms with Crippen molar-refractivity contribution >= 4 is 39.2 Å². The summed E-state index contributed by atoms with van der Waals surface area (Å²) in [6.07, 6.45) is 5.51. The maximum absolute atomic E-state index is 12.8. The lowest BCUT2D eigenvalue weighted by molar-refractivity contribution is -0.129. The van der Waals surface area contributed by atoms with Gasteiger partial charge in [0.05, 0.1) is 21.0 Å². The summed E-state index contributed by atoms with van der Waals surface area (Å²) in [5.41, 5.74) is 1.97. The molecule has 4 aromatic rings. The van der Waals surface area contributed by atoms with E-state index >= 15 is 0 Å². The van der Waals surface area contributed by atoms with Gasteiger partial charge in [-0.1, -0.05) is 23.9 Å². The number of para-hydroxylation sites is 1. The second-order valence-electron chi connectivity index (χ2n) is 7.19. The Morgan fingerprint density at radius 1 is 1.20 bits per heavy atom. The van der Waals surface area contributed by atoms with Gasteiger partial charge in [-0.05, 0) is 37.1 Å². The highest BCUT2D eigenvalue weighted by atomic mass is 32.2. The number of pyridine rings is 1. The van der Waals surface area contributed by atoms with E-state index in [1.165, 1.54) is 16.5 Å². The molecule has 152 valence electrons. The topological polar surface area (TPSA) is 87.7 Å². The molecule has 1 amide bonds. The molecule has 0 radical (unpaired) electrons. The van der Waals surface area contributed by atoms with Gasteiger partial charge in [-0.25, -0.2) is 9.97 Å². The van der Waals surface area contributed by atoms with Gasteiger partial charge in [0.2, 0.25) is 11.1 Å². The normalized spacial score (nSPS) is 16.8. The number of thiazole rings is 1. The first-order valence-electron chi connectivity index (χ1n) is 9.85.